The third-order valence-corrected chi connectivity index (χ3v) is 9.05. The summed E-state index contributed by atoms with van der Waals surface area (Å²) in [4.78, 5) is 12.7. The predicted molar refractivity (Wildman–Crippen MR) is 152 cm³/mol. The van der Waals surface area contributed by atoms with E-state index in [9.17, 15) is 18.3 Å². The molecule has 1 aromatic heterocycles. The normalized spacial score (nSPS) is 15.9. The molecule has 216 valence electrons. The highest BCUT2D eigenvalue weighted by atomic mass is 32.2. The zero-order valence-electron chi connectivity index (χ0n) is 22.7. The SMILES string of the molecule is CCOC(=O)CC(c1ccc(C)c(CN2CC=C(O)OS2(=O)=O)c1)c1ccc2c(nnn2CCSCCO)c1C. The highest BCUT2D eigenvalue weighted by molar-refractivity contribution is 7.99. The van der Waals surface area contributed by atoms with Crippen molar-refractivity contribution in [2.24, 2.45) is 0 Å². The number of aryl methyl sites for hydroxylation is 3. The standard InChI is InChI=1S/C27H34N4O7S2/c1-4-37-26(34)16-23(22-7-8-24-27(19(22)3)28-29-31(24)11-13-39-14-12-32)20-6-5-18(2)21(15-20)17-30-10-9-25(33)38-40(30,35)36/h5-9,15,23,32-33H,4,10-14,16-17H2,1-3H3. The second-order valence-electron chi connectivity index (χ2n) is 9.42. The van der Waals surface area contributed by atoms with E-state index in [4.69, 9.17) is 9.84 Å². The van der Waals surface area contributed by atoms with Gasteiger partial charge in [-0.25, -0.2) is 4.68 Å². The largest absolute Gasteiger partial charge is 0.480 e. The number of benzene rings is 2. The summed E-state index contributed by atoms with van der Waals surface area (Å²) >= 11 is 1.64. The van der Waals surface area contributed by atoms with Crippen molar-refractivity contribution in [3.8, 4) is 0 Å². The summed E-state index contributed by atoms with van der Waals surface area (Å²) < 4.78 is 37.8. The molecule has 0 fully saturated rings. The van der Waals surface area contributed by atoms with Gasteiger partial charge >= 0.3 is 16.3 Å². The lowest BCUT2D eigenvalue weighted by molar-refractivity contribution is -0.143. The van der Waals surface area contributed by atoms with Crippen LogP contribution in [0.15, 0.2) is 42.4 Å². The molecule has 13 heteroatoms. The fourth-order valence-electron chi connectivity index (χ4n) is 4.72. The van der Waals surface area contributed by atoms with Gasteiger partial charge in [-0.2, -0.15) is 24.5 Å². The highest BCUT2D eigenvalue weighted by Crippen LogP contribution is 2.35. The molecule has 1 atom stereocenters. The molecule has 0 saturated heterocycles. The number of thioether (sulfide) groups is 1. The van der Waals surface area contributed by atoms with E-state index in [-0.39, 0.29) is 44.6 Å². The minimum Gasteiger partial charge on any atom is -0.480 e. The number of nitrogens with zero attached hydrogens (tertiary/aromatic N) is 4. The number of rotatable bonds is 12. The van der Waals surface area contributed by atoms with Crippen LogP contribution in [-0.2, 0) is 37.1 Å². The molecule has 0 amide bonds. The number of aliphatic hydroxyl groups excluding tert-OH is 2. The number of carbonyl (C=O) groups is 1. The molecular weight excluding hydrogens is 556 g/mol. The second kappa shape index (κ2) is 13.0. The molecule has 0 radical (unpaired) electrons. The summed E-state index contributed by atoms with van der Waals surface area (Å²) in [7, 11) is -4.13. The lowest BCUT2D eigenvalue weighted by Crippen LogP contribution is -2.35. The third-order valence-electron chi connectivity index (χ3n) is 6.82. The molecule has 3 aromatic rings. The zero-order chi connectivity index (χ0) is 28.9. The van der Waals surface area contributed by atoms with Crippen LogP contribution in [0.25, 0.3) is 11.0 Å². The van der Waals surface area contributed by atoms with E-state index < -0.39 is 16.2 Å². The van der Waals surface area contributed by atoms with Crippen LogP contribution < -0.4 is 0 Å². The molecule has 1 unspecified atom stereocenters. The first-order valence-corrected chi connectivity index (χ1v) is 15.5. The fraction of sp³-hybridized carbons (Fsp3) is 0.444. The molecule has 40 heavy (non-hydrogen) atoms. The summed E-state index contributed by atoms with van der Waals surface area (Å²) in [5.41, 5.74) is 5.89. The number of esters is 1. The molecule has 0 bridgehead atoms. The molecule has 11 nitrogen and oxygen atoms in total. The van der Waals surface area contributed by atoms with Crippen molar-refractivity contribution in [2.75, 3.05) is 31.3 Å². The van der Waals surface area contributed by atoms with Crippen LogP contribution >= 0.6 is 11.8 Å². The van der Waals surface area contributed by atoms with Crippen LogP contribution in [0.1, 0.15) is 47.1 Å². The average Bonchev–Trinajstić information content (AvgIpc) is 3.32. The average molecular weight is 591 g/mol. The molecule has 4 rings (SSSR count). The van der Waals surface area contributed by atoms with Crippen molar-refractivity contribution in [1.29, 1.82) is 0 Å². The van der Waals surface area contributed by atoms with Crippen LogP contribution in [-0.4, -0.2) is 75.2 Å². The smallest absolute Gasteiger partial charge is 0.388 e. The Balaban J connectivity index is 1.70. The minimum absolute atomic E-state index is 0.0198. The molecule has 0 spiro atoms. The van der Waals surface area contributed by atoms with Crippen molar-refractivity contribution < 1.29 is 32.3 Å². The molecule has 0 aliphatic carbocycles. The minimum atomic E-state index is -4.13. The first-order chi connectivity index (χ1) is 19.1. The number of hydrogen-bond acceptors (Lipinski definition) is 10. The maximum atomic E-state index is 12.7. The number of hydrogen-bond donors (Lipinski definition) is 2. The summed E-state index contributed by atoms with van der Waals surface area (Å²) in [5, 5.41) is 27.3. The van der Waals surface area contributed by atoms with Gasteiger partial charge < -0.3 is 19.1 Å². The Morgan fingerprint density at radius 2 is 2.02 bits per heavy atom. The van der Waals surface area contributed by atoms with Gasteiger partial charge in [0.05, 0.1) is 31.7 Å². The number of ether oxygens (including phenoxy) is 1. The van der Waals surface area contributed by atoms with Crippen LogP contribution in [0.3, 0.4) is 0 Å². The summed E-state index contributed by atoms with van der Waals surface area (Å²) in [6.07, 6.45) is 1.39. The predicted octanol–water partition coefficient (Wildman–Crippen LogP) is 3.34. The Morgan fingerprint density at radius 1 is 1.23 bits per heavy atom. The van der Waals surface area contributed by atoms with Gasteiger partial charge in [-0.15, -0.1) is 5.10 Å². The van der Waals surface area contributed by atoms with Crippen molar-refractivity contribution in [3.63, 3.8) is 0 Å². The van der Waals surface area contributed by atoms with Gasteiger partial charge in [0.1, 0.15) is 5.52 Å². The van der Waals surface area contributed by atoms with Gasteiger partial charge in [0, 0.05) is 36.6 Å². The number of aromatic nitrogens is 3. The highest BCUT2D eigenvalue weighted by Gasteiger charge is 2.30. The lowest BCUT2D eigenvalue weighted by Gasteiger charge is -2.25. The van der Waals surface area contributed by atoms with Crippen molar-refractivity contribution in [3.05, 3.63) is 70.2 Å². The van der Waals surface area contributed by atoms with Gasteiger partial charge in [0.2, 0.25) is 0 Å². The maximum Gasteiger partial charge on any atom is 0.388 e. The van der Waals surface area contributed by atoms with Crippen LogP contribution in [0, 0.1) is 13.8 Å². The summed E-state index contributed by atoms with van der Waals surface area (Å²) in [5.74, 6) is 0.116. The van der Waals surface area contributed by atoms with Crippen molar-refractivity contribution in [1.82, 2.24) is 19.3 Å². The van der Waals surface area contributed by atoms with E-state index in [0.29, 0.717) is 12.3 Å². The molecule has 0 saturated carbocycles. The molecule has 2 aromatic carbocycles. The Hall–Kier alpha value is -3.13. The monoisotopic (exact) mass is 590 g/mol. The number of fused-ring (bicyclic) bond motifs is 1. The number of aliphatic hydroxyl groups is 2. The van der Waals surface area contributed by atoms with E-state index >= 15 is 0 Å². The first kappa shape index (κ1) is 29.8. The van der Waals surface area contributed by atoms with Crippen LogP contribution in [0.4, 0.5) is 0 Å². The molecular formula is C27H34N4O7S2. The van der Waals surface area contributed by atoms with Crippen LogP contribution in [0.2, 0.25) is 0 Å². The third kappa shape index (κ3) is 6.77. The second-order valence-corrected chi connectivity index (χ2v) is 12.2. The molecule has 2 N–H and O–H groups in total. The first-order valence-electron chi connectivity index (χ1n) is 13.0. The van der Waals surface area contributed by atoms with Crippen molar-refractivity contribution >= 4 is 39.1 Å². The zero-order valence-corrected chi connectivity index (χ0v) is 24.4. The van der Waals surface area contributed by atoms with E-state index in [1.165, 1.54) is 6.08 Å². The Labute approximate surface area is 238 Å². The maximum absolute atomic E-state index is 12.7. The van der Waals surface area contributed by atoms with E-state index in [1.54, 1.807) is 18.7 Å². The van der Waals surface area contributed by atoms with E-state index in [0.717, 1.165) is 48.9 Å². The number of carbonyl (C=O) groups excluding carboxylic acids is 1. The van der Waals surface area contributed by atoms with Gasteiger partial charge in [0.25, 0.3) is 5.95 Å². The Morgan fingerprint density at radius 3 is 2.75 bits per heavy atom. The van der Waals surface area contributed by atoms with E-state index in [1.807, 2.05) is 48.9 Å². The summed E-state index contributed by atoms with van der Waals surface area (Å²) in [6.45, 7) is 6.68. The van der Waals surface area contributed by atoms with Gasteiger partial charge in [-0.05, 0) is 54.7 Å². The lowest BCUT2D eigenvalue weighted by atomic mass is 9.84. The molecule has 2 heterocycles. The van der Waals surface area contributed by atoms with Gasteiger partial charge in [-0.1, -0.05) is 29.5 Å². The topological polar surface area (TPSA) is 144 Å². The van der Waals surface area contributed by atoms with Crippen LogP contribution in [0.5, 0.6) is 0 Å². The Kier molecular flexibility index (Phi) is 9.72. The quantitative estimate of drug-likeness (QED) is 0.238. The van der Waals surface area contributed by atoms with E-state index in [2.05, 4.69) is 14.5 Å². The van der Waals surface area contributed by atoms with Gasteiger partial charge in [0.15, 0.2) is 0 Å². The fourth-order valence-corrected chi connectivity index (χ4v) is 6.29. The van der Waals surface area contributed by atoms with Crippen molar-refractivity contribution in [2.45, 2.75) is 46.2 Å². The molecule has 1 aliphatic rings. The molecule has 1 aliphatic heterocycles. The van der Waals surface area contributed by atoms with Gasteiger partial charge in [-0.3, -0.25) is 4.79 Å². The summed E-state index contributed by atoms with van der Waals surface area (Å²) in [6, 6.07) is 9.69. The Bertz CT molecular complexity index is 1500.